The lowest BCUT2D eigenvalue weighted by molar-refractivity contribution is -0.137. The largest absolute Gasteiger partial charge is 0.487 e. The van der Waals surface area contributed by atoms with Crippen molar-refractivity contribution in [2.24, 2.45) is 5.92 Å². The summed E-state index contributed by atoms with van der Waals surface area (Å²) in [5.74, 6) is -0.0429. The third-order valence-electron chi connectivity index (χ3n) is 5.83. The van der Waals surface area contributed by atoms with Gasteiger partial charge in [-0.15, -0.1) is 0 Å². The molecule has 1 atom stereocenters. The van der Waals surface area contributed by atoms with Crippen LogP contribution in [0, 0.1) is 5.92 Å². The predicted octanol–water partition coefficient (Wildman–Crippen LogP) is 4.76. The van der Waals surface area contributed by atoms with Crippen LogP contribution < -0.4 is 4.74 Å². The molecule has 1 heterocycles. The maximum Gasteiger partial charge on any atom is 0.323 e. The van der Waals surface area contributed by atoms with E-state index in [9.17, 15) is 14.7 Å². The molecule has 0 unspecified atom stereocenters. The topological polar surface area (TPSA) is 66.8 Å². The zero-order valence-electron chi connectivity index (χ0n) is 19.0. The standard InChI is InChI=1S/C26H33NO4/c1-5-19-6-8-20(9-7-19)15-26(4)16-22-14-21(10-11-23(22)31-26)25(30)27(17-24(28)29)13-12-18(2)3/h6-11,14,18H,5,12-13,15-17H2,1-4H3,(H,28,29)/t26-/m1/s1. The number of carbonyl (C=O) groups is 2. The van der Waals surface area contributed by atoms with Gasteiger partial charge in [-0.1, -0.05) is 45.0 Å². The molecule has 0 saturated heterocycles. The zero-order chi connectivity index (χ0) is 22.6. The van der Waals surface area contributed by atoms with Crippen LogP contribution in [0.2, 0.25) is 0 Å². The van der Waals surface area contributed by atoms with E-state index in [0.29, 0.717) is 24.4 Å². The quantitative estimate of drug-likeness (QED) is 0.632. The Kier molecular flexibility index (Phi) is 7.04. The van der Waals surface area contributed by atoms with Crippen LogP contribution in [0.25, 0.3) is 0 Å². The van der Waals surface area contributed by atoms with Gasteiger partial charge in [0.1, 0.15) is 17.9 Å². The summed E-state index contributed by atoms with van der Waals surface area (Å²) >= 11 is 0. The van der Waals surface area contributed by atoms with E-state index < -0.39 is 5.97 Å². The number of aliphatic carboxylic acids is 1. The average molecular weight is 424 g/mol. The van der Waals surface area contributed by atoms with Gasteiger partial charge < -0.3 is 14.7 Å². The molecule has 5 nitrogen and oxygen atoms in total. The first-order chi connectivity index (χ1) is 14.7. The highest BCUT2D eigenvalue weighted by Gasteiger charge is 2.35. The SMILES string of the molecule is CCc1ccc(C[C@]2(C)Cc3cc(C(=O)N(CCC(C)C)CC(=O)O)ccc3O2)cc1. The fourth-order valence-corrected chi connectivity index (χ4v) is 4.09. The first-order valence-electron chi connectivity index (χ1n) is 11.1. The van der Waals surface area contributed by atoms with Crippen molar-refractivity contribution in [3.8, 4) is 5.75 Å². The Morgan fingerprint density at radius 3 is 2.42 bits per heavy atom. The van der Waals surface area contributed by atoms with Gasteiger partial charge in [-0.2, -0.15) is 0 Å². The Hall–Kier alpha value is -2.82. The molecule has 3 rings (SSSR count). The van der Waals surface area contributed by atoms with Crippen molar-refractivity contribution >= 4 is 11.9 Å². The van der Waals surface area contributed by atoms with Gasteiger partial charge >= 0.3 is 5.97 Å². The second-order valence-electron chi connectivity index (χ2n) is 9.20. The summed E-state index contributed by atoms with van der Waals surface area (Å²) in [5.41, 5.74) is 3.69. The van der Waals surface area contributed by atoms with E-state index in [1.54, 1.807) is 6.07 Å². The number of rotatable bonds is 9. The number of benzene rings is 2. The molecular formula is C26H33NO4. The van der Waals surface area contributed by atoms with Gasteiger partial charge in [-0.3, -0.25) is 9.59 Å². The maximum absolute atomic E-state index is 13.0. The van der Waals surface area contributed by atoms with Gasteiger partial charge in [0.05, 0.1) is 0 Å². The van der Waals surface area contributed by atoms with E-state index in [2.05, 4.69) is 52.0 Å². The van der Waals surface area contributed by atoms with Gasteiger partial charge in [-0.05, 0) is 60.6 Å². The number of hydrogen-bond acceptors (Lipinski definition) is 3. The Balaban J connectivity index is 1.74. The lowest BCUT2D eigenvalue weighted by Crippen LogP contribution is -2.37. The van der Waals surface area contributed by atoms with Crippen molar-refractivity contribution in [1.82, 2.24) is 4.90 Å². The molecule has 0 radical (unpaired) electrons. The summed E-state index contributed by atoms with van der Waals surface area (Å²) in [4.78, 5) is 25.7. The highest BCUT2D eigenvalue weighted by Crippen LogP contribution is 2.37. The molecule has 1 amide bonds. The number of carbonyl (C=O) groups excluding carboxylic acids is 1. The molecule has 2 aromatic carbocycles. The van der Waals surface area contributed by atoms with Crippen molar-refractivity contribution in [2.75, 3.05) is 13.1 Å². The van der Waals surface area contributed by atoms with Crippen molar-refractivity contribution in [3.05, 3.63) is 64.7 Å². The molecule has 0 saturated carbocycles. The number of carboxylic acids is 1. The first-order valence-corrected chi connectivity index (χ1v) is 11.1. The smallest absolute Gasteiger partial charge is 0.323 e. The summed E-state index contributed by atoms with van der Waals surface area (Å²) < 4.78 is 6.27. The predicted molar refractivity (Wildman–Crippen MR) is 122 cm³/mol. The highest BCUT2D eigenvalue weighted by molar-refractivity contribution is 5.96. The number of nitrogens with zero attached hydrogens (tertiary/aromatic N) is 1. The Morgan fingerprint density at radius 2 is 1.81 bits per heavy atom. The normalized spacial score (nSPS) is 17.3. The van der Waals surface area contributed by atoms with Crippen LogP contribution in [-0.2, 0) is 24.1 Å². The molecule has 1 N–H and O–H groups in total. The minimum atomic E-state index is -0.997. The second kappa shape index (κ2) is 9.54. The van der Waals surface area contributed by atoms with Gasteiger partial charge in [0.2, 0.25) is 0 Å². The minimum absolute atomic E-state index is 0.241. The van der Waals surface area contributed by atoms with E-state index in [4.69, 9.17) is 4.74 Å². The molecule has 0 bridgehead atoms. The van der Waals surface area contributed by atoms with Crippen LogP contribution in [0.4, 0.5) is 0 Å². The van der Waals surface area contributed by atoms with Crippen molar-refractivity contribution in [1.29, 1.82) is 0 Å². The van der Waals surface area contributed by atoms with Crippen LogP contribution in [0.5, 0.6) is 5.75 Å². The minimum Gasteiger partial charge on any atom is -0.487 e. The molecule has 5 heteroatoms. The van der Waals surface area contributed by atoms with Gasteiger partial charge in [-0.25, -0.2) is 0 Å². The molecule has 0 aromatic heterocycles. The molecule has 0 fully saturated rings. The number of amides is 1. The van der Waals surface area contributed by atoms with Gasteiger partial charge in [0.25, 0.3) is 5.91 Å². The second-order valence-corrected chi connectivity index (χ2v) is 9.20. The van der Waals surface area contributed by atoms with Crippen LogP contribution in [0.3, 0.4) is 0 Å². The first kappa shape index (κ1) is 22.9. The van der Waals surface area contributed by atoms with Crippen LogP contribution >= 0.6 is 0 Å². The van der Waals surface area contributed by atoms with Crippen LogP contribution in [-0.4, -0.2) is 40.6 Å². The highest BCUT2D eigenvalue weighted by atomic mass is 16.5. The van der Waals surface area contributed by atoms with E-state index >= 15 is 0 Å². The van der Waals surface area contributed by atoms with Crippen LogP contribution in [0.15, 0.2) is 42.5 Å². The summed E-state index contributed by atoms with van der Waals surface area (Å²) in [6.45, 7) is 8.51. The monoisotopic (exact) mass is 423 g/mol. The number of hydrogen-bond donors (Lipinski definition) is 1. The fraction of sp³-hybridized carbons (Fsp3) is 0.462. The van der Waals surface area contributed by atoms with Crippen molar-refractivity contribution in [3.63, 3.8) is 0 Å². The van der Waals surface area contributed by atoms with Crippen LogP contribution in [0.1, 0.15) is 61.2 Å². The number of carboxylic acid groups (broad SMARTS) is 1. The third-order valence-corrected chi connectivity index (χ3v) is 5.83. The molecular weight excluding hydrogens is 390 g/mol. The van der Waals surface area contributed by atoms with Gasteiger partial charge in [0, 0.05) is 24.9 Å². The lowest BCUT2D eigenvalue weighted by Gasteiger charge is -2.24. The molecule has 0 aliphatic carbocycles. The van der Waals surface area contributed by atoms with E-state index in [-0.39, 0.29) is 18.1 Å². The Labute approximate surface area is 185 Å². The van der Waals surface area contributed by atoms with Gasteiger partial charge in [0.15, 0.2) is 0 Å². The number of ether oxygens (including phenoxy) is 1. The van der Waals surface area contributed by atoms with Crippen molar-refractivity contribution in [2.45, 2.75) is 59.0 Å². The zero-order valence-corrected chi connectivity index (χ0v) is 19.0. The maximum atomic E-state index is 13.0. The number of fused-ring (bicyclic) bond motifs is 1. The summed E-state index contributed by atoms with van der Waals surface area (Å²) in [6, 6.07) is 14.1. The fourth-order valence-electron chi connectivity index (χ4n) is 4.09. The third kappa shape index (κ3) is 5.87. The molecule has 31 heavy (non-hydrogen) atoms. The summed E-state index contributed by atoms with van der Waals surface area (Å²) in [7, 11) is 0. The molecule has 1 aliphatic heterocycles. The van der Waals surface area contributed by atoms with E-state index in [0.717, 1.165) is 30.6 Å². The van der Waals surface area contributed by atoms with E-state index in [1.165, 1.54) is 16.0 Å². The number of aryl methyl sites for hydroxylation is 1. The Bertz CT molecular complexity index is 935. The lowest BCUT2D eigenvalue weighted by atomic mass is 9.91. The molecule has 1 aliphatic rings. The summed E-state index contributed by atoms with van der Waals surface area (Å²) in [5, 5.41) is 9.23. The average Bonchev–Trinajstić information content (AvgIpc) is 3.05. The summed E-state index contributed by atoms with van der Waals surface area (Å²) in [6.07, 6.45) is 3.28. The van der Waals surface area contributed by atoms with E-state index in [1.807, 2.05) is 12.1 Å². The molecule has 166 valence electrons. The molecule has 0 spiro atoms. The van der Waals surface area contributed by atoms with Crippen molar-refractivity contribution < 1.29 is 19.4 Å². The molecule has 2 aromatic rings. The Morgan fingerprint density at radius 1 is 1.13 bits per heavy atom.